The van der Waals surface area contributed by atoms with Crippen molar-refractivity contribution in [2.24, 2.45) is 0 Å². The molecule has 0 aliphatic carbocycles. The topological polar surface area (TPSA) is 29.5 Å². The highest BCUT2D eigenvalue weighted by Crippen LogP contribution is 2.37. The lowest BCUT2D eigenvalue weighted by Gasteiger charge is -1.99. The highest BCUT2D eigenvalue weighted by Gasteiger charge is 2.22. The third-order valence-electron chi connectivity index (χ3n) is 1.74. The largest absolute Gasteiger partial charge is 0.489 e. The molecular formula is C8H7BrO2. The van der Waals surface area contributed by atoms with Crippen LogP contribution in [0.25, 0.3) is 0 Å². The summed E-state index contributed by atoms with van der Waals surface area (Å²) in [5.74, 6) is 0.778. The van der Waals surface area contributed by atoms with Gasteiger partial charge in [0, 0.05) is 5.56 Å². The van der Waals surface area contributed by atoms with Crippen LogP contribution in [-0.4, -0.2) is 11.7 Å². The first-order valence-corrected chi connectivity index (χ1v) is 4.17. The van der Waals surface area contributed by atoms with E-state index in [-0.39, 0.29) is 0 Å². The Bertz CT molecular complexity index is 285. The van der Waals surface area contributed by atoms with E-state index >= 15 is 0 Å². The second kappa shape index (κ2) is 2.50. The molecule has 0 unspecified atom stereocenters. The number of hydrogen-bond donors (Lipinski definition) is 1. The minimum Gasteiger partial charge on any atom is -0.489 e. The third kappa shape index (κ3) is 1.04. The average molecular weight is 215 g/mol. The Kier molecular flexibility index (Phi) is 1.62. The maximum Gasteiger partial charge on any atom is 0.139 e. The molecule has 2 nitrogen and oxygen atoms in total. The summed E-state index contributed by atoms with van der Waals surface area (Å²) in [6.45, 7) is 0.373. The van der Waals surface area contributed by atoms with Gasteiger partial charge in [-0.05, 0) is 22.0 Å². The predicted molar refractivity (Wildman–Crippen MR) is 44.6 cm³/mol. The molecule has 2 rings (SSSR count). The summed E-state index contributed by atoms with van der Waals surface area (Å²) in [6.07, 6.45) is -0.456. The smallest absolute Gasteiger partial charge is 0.139 e. The van der Waals surface area contributed by atoms with Crippen LogP contribution in [0.5, 0.6) is 5.75 Å². The zero-order valence-corrected chi connectivity index (χ0v) is 7.34. The summed E-state index contributed by atoms with van der Waals surface area (Å²) in [5, 5.41) is 9.36. The number of halogens is 1. The van der Waals surface area contributed by atoms with Crippen LogP contribution in [0.15, 0.2) is 22.7 Å². The van der Waals surface area contributed by atoms with Gasteiger partial charge in [0.25, 0.3) is 0 Å². The van der Waals surface area contributed by atoms with Crippen LogP contribution in [0.3, 0.4) is 0 Å². The Balaban J connectivity index is 2.57. The molecule has 3 heteroatoms. The zero-order chi connectivity index (χ0) is 7.84. The Morgan fingerprint density at radius 3 is 3.09 bits per heavy atom. The molecule has 0 spiro atoms. The Morgan fingerprint density at radius 1 is 1.55 bits per heavy atom. The van der Waals surface area contributed by atoms with E-state index < -0.39 is 6.10 Å². The average Bonchev–Trinajstić information content (AvgIpc) is 2.35. The molecule has 1 N–H and O–H groups in total. The van der Waals surface area contributed by atoms with Gasteiger partial charge in [-0.3, -0.25) is 0 Å². The van der Waals surface area contributed by atoms with E-state index in [0.29, 0.717) is 6.61 Å². The van der Waals surface area contributed by atoms with Crippen LogP contribution in [0.4, 0.5) is 0 Å². The second-order valence-electron chi connectivity index (χ2n) is 2.48. The van der Waals surface area contributed by atoms with Crippen molar-refractivity contribution in [1.29, 1.82) is 0 Å². The van der Waals surface area contributed by atoms with Gasteiger partial charge in [-0.2, -0.15) is 0 Å². The summed E-state index contributed by atoms with van der Waals surface area (Å²) in [6, 6.07) is 5.66. The van der Waals surface area contributed by atoms with Crippen molar-refractivity contribution in [3.8, 4) is 5.75 Å². The number of fused-ring (bicyclic) bond motifs is 1. The van der Waals surface area contributed by atoms with Crippen LogP contribution in [0.1, 0.15) is 11.7 Å². The lowest BCUT2D eigenvalue weighted by Crippen LogP contribution is -1.97. The van der Waals surface area contributed by atoms with Gasteiger partial charge >= 0.3 is 0 Å². The standard InChI is InChI=1S/C8H7BrO2/c9-6-3-1-2-5-7(10)4-11-8(5)6/h1-3,7,10H,4H2/t7-/m1/s1. The first-order chi connectivity index (χ1) is 5.29. The maximum absolute atomic E-state index is 9.36. The summed E-state index contributed by atoms with van der Waals surface area (Å²) < 4.78 is 6.15. The molecule has 0 amide bonds. The molecule has 0 aromatic heterocycles. The first kappa shape index (κ1) is 7.13. The number of benzene rings is 1. The van der Waals surface area contributed by atoms with E-state index in [1.54, 1.807) is 0 Å². The van der Waals surface area contributed by atoms with E-state index in [1.165, 1.54) is 0 Å². The van der Waals surface area contributed by atoms with E-state index in [4.69, 9.17) is 4.74 Å². The van der Waals surface area contributed by atoms with Gasteiger partial charge in [-0.15, -0.1) is 0 Å². The molecule has 0 radical (unpaired) electrons. The molecule has 1 aliphatic rings. The second-order valence-corrected chi connectivity index (χ2v) is 3.34. The van der Waals surface area contributed by atoms with Gasteiger partial charge in [0.1, 0.15) is 18.5 Å². The molecule has 58 valence electrons. The van der Waals surface area contributed by atoms with Crippen molar-refractivity contribution in [2.45, 2.75) is 6.10 Å². The van der Waals surface area contributed by atoms with Gasteiger partial charge in [-0.1, -0.05) is 12.1 Å². The Morgan fingerprint density at radius 2 is 2.36 bits per heavy atom. The fourth-order valence-electron chi connectivity index (χ4n) is 1.19. The molecule has 1 aliphatic heterocycles. The van der Waals surface area contributed by atoms with Gasteiger partial charge in [0.05, 0.1) is 4.47 Å². The minimum absolute atomic E-state index is 0.373. The minimum atomic E-state index is -0.456. The van der Waals surface area contributed by atoms with Gasteiger partial charge in [-0.25, -0.2) is 0 Å². The number of ether oxygens (including phenoxy) is 1. The lowest BCUT2D eigenvalue weighted by atomic mass is 10.1. The number of rotatable bonds is 0. The van der Waals surface area contributed by atoms with Crippen LogP contribution in [0, 0.1) is 0 Å². The normalized spacial score (nSPS) is 21.1. The fraction of sp³-hybridized carbons (Fsp3) is 0.250. The molecule has 1 aromatic carbocycles. The zero-order valence-electron chi connectivity index (χ0n) is 5.75. The van der Waals surface area contributed by atoms with E-state index in [9.17, 15) is 5.11 Å². The van der Waals surface area contributed by atoms with Gasteiger partial charge in [0.15, 0.2) is 0 Å². The Labute approximate surface area is 72.9 Å². The van der Waals surface area contributed by atoms with E-state index in [0.717, 1.165) is 15.8 Å². The van der Waals surface area contributed by atoms with E-state index in [2.05, 4.69) is 15.9 Å². The SMILES string of the molecule is O[C@@H]1COc2c(Br)cccc21. The molecule has 0 saturated heterocycles. The molecule has 0 saturated carbocycles. The molecule has 1 atom stereocenters. The monoisotopic (exact) mass is 214 g/mol. The molecule has 11 heavy (non-hydrogen) atoms. The predicted octanol–water partition coefficient (Wildman–Crippen LogP) is 1.87. The van der Waals surface area contributed by atoms with Crippen LogP contribution in [-0.2, 0) is 0 Å². The van der Waals surface area contributed by atoms with Crippen molar-refractivity contribution < 1.29 is 9.84 Å². The van der Waals surface area contributed by atoms with Gasteiger partial charge < -0.3 is 9.84 Å². The van der Waals surface area contributed by atoms with Crippen molar-refractivity contribution in [1.82, 2.24) is 0 Å². The molecule has 0 bridgehead atoms. The van der Waals surface area contributed by atoms with Crippen molar-refractivity contribution in [3.05, 3.63) is 28.2 Å². The molecule has 0 fully saturated rings. The molecule has 1 aromatic rings. The van der Waals surface area contributed by atoms with Crippen molar-refractivity contribution in [2.75, 3.05) is 6.61 Å². The third-order valence-corrected chi connectivity index (χ3v) is 2.37. The first-order valence-electron chi connectivity index (χ1n) is 3.38. The van der Waals surface area contributed by atoms with Crippen molar-refractivity contribution >= 4 is 15.9 Å². The number of para-hydroxylation sites is 1. The lowest BCUT2D eigenvalue weighted by molar-refractivity contribution is 0.140. The number of aliphatic hydroxyl groups is 1. The highest BCUT2D eigenvalue weighted by atomic mass is 79.9. The summed E-state index contributed by atoms with van der Waals surface area (Å²) in [5.41, 5.74) is 0.874. The summed E-state index contributed by atoms with van der Waals surface area (Å²) in [7, 11) is 0. The number of hydrogen-bond acceptors (Lipinski definition) is 2. The maximum atomic E-state index is 9.36. The van der Waals surface area contributed by atoms with Crippen LogP contribution in [0.2, 0.25) is 0 Å². The quantitative estimate of drug-likeness (QED) is 0.715. The Hall–Kier alpha value is -0.540. The van der Waals surface area contributed by atoms with Crippen LogP contribution < -0.4 is 4.74 Å². The van der Waals surface area contributed by atoms with Crippen molar-refractivity contribution in [3.63, 3.8) is 0 Å². The highest BCUT2D eigenvalue weighted by molar-refractivity contribution is 9.10. The number of aliphatic hydroxyl groups excluding tert-OH is 1. The van der Waals surface area contributed by atoms with Gasteiger partial charge in [0.2, 0.25) is 0 Å². The fourth-order valence-corrected chi connectivity index (χ4v) is 1.69. The molecule has 1 heterocycles. The van der Waals surface area contributed by atoms with Crippen LogP contribution >= 0.6 is 15.9 Å². The summed E-state index contributed by atoms with van der Waals surface area (Å²) >= 11 is 3.34. The van der Waals surface area contributed by atoms with E-state index in [1.807, 2.05) is 18.2 Å². The summed E-state index contributed by atoms with van der Waals surface area (Å²) in [4.78, 5) is 0. The molecular weight excluding hydrogens is 208 g/mol.